The van der Waals surface area contributed by atoms with Gasteiger partial charge < -0.3 is 9.64 Å². The first-order valence-corrected chi connectivity index (χ1v) is 9.92. The maximum Gasteiger partial charge on any atom is 0.274 e. The third kappa shape index (κ3) is 3.75. The highest BCUT2D eigenvalue weighted by atomic mass is 19.2. The Morgan fingerprint density at radius 2 is 2.07 bits per heavy atom. The first-order valence-electron chi connectivity index (χ1n) is 9.92. The predicted molar refractivity (Wildman–Crippen MR) is 101 cm³/mol. The number of halogens is 2. The zero-order valence-corrected chi connectivity index (χ0v) is 16.0. The molecule has 1 amide bonds. The Balaban J connectivity index is 1.70. The lowest BCUT2D eigenvalue weighted by atomic mass is 10.1. The van der Waals surface area contributed by atoms with Crippen molar-refractivity contribution in [1.82, 2.24) is 14.7 Å². The topological polar surface area (TPSA) is 71.2 Å². The summed E-state index contributed by atoms with van der Waals surface area (Å²) >= 11 is 0. The van der Waals surface area contributed by atoms with E-state index in [1.807, 2.05) is 0 Å². The average molecular weight is 400 g/mol. The molecular formula is C21H22F2N4O2. The molecular weight excluding hydrogens is 378 g/mol. The minimum atomic E-state index is -0.949. The van der Waals surface area contributed by atoms with Crippen LogP contribution in [0.5, 0.6) is 0 Å². The van der Waals surface area contributed by atoms with Gasteiger partial charge in [-0.15, -0.1) is 0 Å². The number of rotatable bonds is 5. The van der Waals surface area contributed by atoms with Crippen molar-refractivity contribution in [3.8, 4) is 11.8 Å². The van der Waals surface area contributed by atoms with Crippen molar-refractivity contribution in [3.05, 3.63) is 46.8 Å². The van der Waals surface area contributed by atoms with Crippen molar-refractivity contribution in [2.75, 3.05) is 19.8 Å². The third-order valence-electron chi connectivity index (χ3n) is 5.64. The zero-order chi connectivity index (χ0) is 20.4. The summed E-state index contributed by atoms with van der Waals surface area (Å²) in [7, 11) is 0. The van der Waals surface area contributed by atoms with E-state index < -0.39 is 11.6 Å². The first kappa shape index (κ1) is 19.5. The quantitative estimate of drug-likeness (QED) is 0.773. The molecule has 0 radical (unpaired) electrons. The van der Waals surface area contributed by atoms with Crippen LogP contribution in [0.25, 0.3) is 5.69 Å². The number of hydrogen-bond acceptors (Lipinski definition) is 4. The molecule has 0 spiro atoms. The van der Waals surface area contributed by atoms with E-state index in [1.165, 1.54) is 6.07 Å². The lowest BCUT2D eigenvalue weighted by Gasteiger charge is -2.33. The molecule has 0 bridgehead atoms. The van der Waals surface area contributed by atoms with Crippen LogP contribution >= 0.6 is 0 Å². The molecule has 0 N–H and O–H groups in total. The minimum absolute atomic E-state index is 0.00932. The lowest BCUT2D eigenvalue weighted by molar-refractivity contribution is 0.0292. The summed E-state index contributed by atoms with van der Waals surface area (Å²) in [4.78, 5) is 15.2. The summed E-state index contributed by atoms with van der Waals surface area (Å²) in [6.07, 6.45) is 4.03. The van der Waals surface area contributed by atoms with Gasteiger partial charge >= 0.3 is 0 Å². The number of aromatic nitrogens is 2. The number of fused-ring (bicyclic) bond motifs is 1. The summed E-state index contributed by atoms with van der Waals surface area (Å²) < 4.78 is 34.1. The van der Waals surface area contributed by atoms with Crippen LogP contribution in [-0.4, -0.2) is 46.4 Å². The Morgan fingerprint density at radius 3 is 2.79 bits per heavy atom. The summed E-state index contributed by atoms with van der Waals surface area (Å²) in [5.41, 5.74) is 2.49. The van der Waals surface area contributed by atoms with E-state index in [2.05, 4.69) is 11.2 Å². The van der Waals surface area contributed by atoms with Crippen molar-refractivity contribution in [2.45, 2.75) is 44.6 Å². The van der Waals surface area contributed by atoms with Crippen molar-refractivity contribution < 1.29 is 18.3 Å². The van der Waals surface area contributed by atoms with E-state index in [-0.39, 0.29) is 18.4 Å². The van der Waals surface area contributed by atoms with E-state index in [9.17, 15) is 13.6 Å². The molecule has 1 saturated heterocycles. The predicted octanol–water partition coefficient (Wildman–Crippen LogP) is 3.17. The number of hydrogen-bond donors (Lipinski definition) is 0. The largest absolute Gasteiger partial charge is 0.381 e. The summed E-state index contributed by atoms with van der Waals surface area (Å²) in [6.45, 7) is 1.51. The van der Waals surface area contributed by atoms with Crippen molar-refractivity contribution in [2.24, 2.45) is 0 Å². The van der Waals surface area contributed by atoms with Crippen LogP contribution < -0.4 is 0 Å². The van der Waals surface area contributed by atoms with Gasteiger partial charge in [0.15, 0.2) is 17.3 Å². The van der Waals surface area contributed by atoms with E-state index in [1.54, 1.807) is 9.58 Å². The van der Waals surface area contributed by atoms with Gasteiger partial charge in [0.1, 0.15) is 0 Å². The normalized spacial score (nSPS) is 16.4. The SMILES string of the molecule is N#CCCN(C(=O)c1nn(-c2ccc(F)c(F)c2)c2c1CCC2)C1CCOCC1. The number of ether oxygens (including phenoxy) is 1. The number of carbonyl (C=O) groups is 1. The van der Waals surface area contributed by atoms with Crippen LogP contribution in [0.2, 0.25) is 0 Å². The van der Waals surface area contributed by atoms with Crippen molar-refractivity contribution in [1.29, 1.82) is 5.26 Å². The molecule has 1 aliphatic heterocycles. The van der Waals surface area contributed by atoms with Crippen LogP contribution in [0.4, 0.5) is 8.78 Å². The smallest absolute Gasteiger partial charge is 0.274 e. The molecule has 1 aromatic carbocycles. The van der Waals surface area contributed by atoms with Crippen molar-refractivity contribution in [3.63, 3.8) is 0 Å². The van der Waals surface area contributed by atoms with Crippen LogP contribution in [0.1, 0.15) is 47.4 Å². The Bertz CT molecular complexity index is 960. The van der Waals surface area contributed by atoms with Gasteiger partial charge in [-0.1, -0.05) is 0 Å². The highest BCUT2D eigenvalue weighted by molar-refractivity contribution is 5.94. The Kier molecular flexibility index (Phi) is 5.58. The van der Waals surface area contributed by atoms with E-state index in [0.29, 0.717) is 31.1 Å². The van der Waals surface area contributed by atoms with Gasteiger partial charge in [0.25, 0.3) is 5.91 Å². The van der Waals surface area contributed by atoms with Gasteiger partial charge in [0, 0.05) is 43.1 Å². The zero-order valence-electron chi connectivity index (χ0n) is 16.0. The van der Waals surface area contributed by atoms with Crippen molar-refractivity contribution >= 4 is 5.91 Å². The Morgan fingerprint density at radius 1 is 1.28 bits per heavy atom. The second-order valence-electron chi connectivity index (χ2n) is 7.39. The summed E-state index contributed by atoms with van der Waals surface area (Å²) in [6, 6.07) is 5.75. The highest BCUT2D eigenvalue weighted by Crippen LogP contribution is 2.30. The van der Waals surface area contributed by atoms with Gasteiger partial charge in [-0.3, -0.25) is 4.79 Å². The maximum absolute atomic E-state index is 13.8. The Labute approximate surface area is 167 Å². The van der Waals surface area contributed by atoms with E-state index in [4.69, 9.17) is 10.00 Å². The molecule has 2 aliphatic rings. The molecule has 0 saturated carbocycles. The molecule has 0 unspecified atom stereocenters. The molecule has 2 aromatic rings. The molecule has 0 atom stereocenters. The molecule has 29 heavy (non-hydrogen) atoms. The summed E-state index contributed by atoms with van der Waals surface area (Å²) in [5.74, 6) is -2.07. The fourth-order valence-corrected chi connectivity index (χ4v) is 4.19. The molecule has 152 valence electrons. The second kappa shape index (κ2) is 8.29. The number of nitrogens with zero attached hydrogens (tertiary/aromatic N) is 4. The molecule has 6 nitrogen and oxygen atoms in total. The van der Waals surface area contributed by atoms with Gasteiger partial charge in [-0.25, -0.2) is 13.5 Å². The van der Waals surface area contributed by atoms with Gasteiger partial charge in [0.2, 0.25) is 0 Å². The van der Waals surface area contributed by atoms with Crippen LogP contribution in [0.3, 0.4) is 0 Å². The van der Waals surface area contributed by atoms with E-state index in [0.717, 1.165) is 55.5 Å². The second-order valence-corrected chi connectivity index (χ2v) is 7.39. The molecule has 1 aromatic heterocycles. The van der Waals surface area contributed by atoms with Crippen LogP contribution in [-0.2, 0) is 17.6 Å². The third-order valence-corrected chi connectivity index (χ3v) is 5.64. The number of nitriles is 1. The molecule has 8 heteroatoms. The fourth-order valence-electron chi connectivity index (χ4n) is 4.19. The molecule has 2 heterocycles. The number of amides is 1. The maximum atomic E-state index is 13.8. The first-order chi connectivity index (χ1) is 14.1. The van der Waals surface area contributed by atoms with Crippen LogP contribution in [0, 0.1) is 23.0 Å². The Hall–Kier alpha value is -2.79. The monoisotopic (exact) mass is 400 g/mol. The number of benzene rings is 1. The molecule has 1 aliphatic carbocycles. The fraction of sp³-hybridized carbons (Fsp3) is 0.476. The highest BCUT2D eigenvalue weighted by Gasteiger charge is 2.33. The van der Waals surface area contributed by atoms with E-state index >= 15 is 0 Å². The van der Waals surface area contributed by atoms with Gasteiger partial charge in [-0.2, -0.15) is 10.4 Å². The van der Waals surface area contributed by atoms with Gasteiger partial charge in [0.05, 0.1) is 18.2 Å². The van der Waals surface area contributed by atoms with Crippen LogP contribution in [0.15, 0.2) is 18.2 Å². The lowest BCUT2D eigenvalue weighted by Crippen LogP contribution is -2.44. The average Bonchev–Trinajstić information content (AvgIpc) is 3.34. The minimum Gasteiger partial charge on any atom is -0.381 e. The number of carbonyl (C=O) groups excluding carboxylic acids is 1. The standard InChI is InChI=1S/C21H22F2N4O2/c22-17-6-5-15(13-18(17)23)27-19-4-1-3-16(19)20(25-27)21(28)26(10-2-9-24)14-7-11-29-12-8-14/h5-6,13-14H,1-4,7-8,10-12H2. The van der Waals surface area contributed by atoms with Gasteiger partial charge in [-0.05, 0) is 44.2 Å². The molecule has 4 rings (SSSR count). The summed E-state index contributed by atoms with van der Waals surface area (Å²) in [5, 5.41) is 13.5. The molecule has 1 fully saturated rings.